The van der Waals surface area contributed by atoms with Crippen molar-refractivity contribution >= 4 is 6.03 Å². The van der Waals surface area contributed by atoms with Crippen molar-refractivity contribution in [1.29, 1.82) is 0 Å². The van der Waals surface area contributed by atoms with Crippen molar-refractivity contribution in [3.05, 3.63) is 0 Å². The summed E-state index contributed by atoms with van der Waals surface area (Å²) in [6.07, 6.45) is 1.96. The molecule has 1 aliphatic rings. The normalized spacial score (nSPS) is 22.4. The minimum atomic E-state index is -0.232. The molecule has 13 heavy (non-hydrogen) atoms. The van der Waals surface area contributed by atoms with Gasteiger partial charge in [-0.1, -0.05) is 0 Å². The van der Waals surface area contributed by atoms with Gasteiger partial charge in [0.2, 0.25) is 0 Å². The van der Waals surface area contributed by atoms with Crippen LogP contribution in [0.1, 0.15) is 12.8 Å². The van der Waals surface area contributed by atoms with Gasteiger partial charge in [-0.3, -0.25) is 0 Å². The first kappa shape index (κ1) is 10.3. The molecule has 0 aliphatic carbocycles. The molecule has 5 nitrogen and oxygen atoms in total. The zero-order chi connectivity index (χ0) is 9.52. The summed E-state index contributed by atoms with van der Waals surface area (Å²) in [4.78, 5) is 11.1. The van der Waals surface area contributed by atoms with Gasteiger partial charge < -0.3 is 20.5 Å². The lowest BCUT2D eigenvalue weighted by atomic mass is 10.1. The van der Waals surface area contributed by atoms with Crippen LogP contribution >= 0.6 is 0 Å². The topological polar surface area (TPSA) is 70.6 Å². The van der Waals surface area contributed by atoms with Gasteiger partial charge in [-0.2, -0.15) is 0 Å². The minimum Gasteiger partial charge on any atom is -0.395 e. The molecule has 1 unspecified atom stereocenters. The molecule has 2 amide bonds. The van der Waals surface area contributed by atoms with Crippen molar-refractivity contribution in [3.8, 4) is 0 Å². The fourth-order valence-corrected chi connectivity index (χ4v) is 1.26. The predicted molar refractivity (Wildman–Crippen MR) is 47.5 cm³/mol. The lowest BCUT2D eigenvalue weighted by molar-refractivity contribution is 0.0731. The Bertz CT molecular complexity index is 157. The van der Waals surface area contributed by atoms with E-state index >= 15 is 0 Å². The number of aliphatic hydroxyl groups excluding tert-OH is 1. The molecule has 1 fully saturated rings. The molecule has 1 atom stereocenters. The average molecular weight is 188 g/mol. The van der Waals surface area contributed by atoms with Crippen LogP contribution in [0.4, 0.5) is 4.79 Å². The smallest absolute Gasteiger partial charge is 0.315 e. The minimum absolute atomic E-state index is 0.0331. The van der Waals surface area contributed by atoms with Crippen LogP contribution in [0, 0.1) is 0 Å². The summed E-state index contributed by atoms with van der Waals surface area (Å²) in [6, 6.07) is -0.114. The van der Waals surface area contributed by atoms with Gasteiger partial charge in [-0.05, 0) is 12.8 Å². The summed E-state index contributed by atoms with van der Waals surface area (Å²) in [7, 11) is 0. The Labute approximate surface area is 77.5 Å². The molecule has 0 bridgehead atoms. The highest BCUT2D eigenvalue weighted by Gasteiger charge is 2.15. The van der Waals surface area contributed by atoms with Gasteiger partial charge in [0.1, 0.15) is 0 Å². The maximum absolute atomic E-state index is 11.1. The third-order valence-electron chi connectivity index (χ3n) is 1.89. The van der Waals surface area contributed by atoms with Crippen LogP contribution in [-0.4, -0.2) is 43.5 Å². The van der Waals surface area contributed by atoms with Crippen molar-refractivity contribution in [2.24, 2.45) is 0 Å². The number of carbonyl (C=O) groups is 1. The van der Waals surface area contributed by atoms with Crippen molar-refractivity contribution in [2.45, 2.75) is 18.9 Å². The van der Waals surface area contributed by atoms with Crippen LogP contribution in [0.15, 0.2) is 0 Å². The van der Waals surface area contributed by atoms with E-state index in [9.17, 15) is 4.79 Å². The monoisotopic (exact) mass is 188 g/mol. The largest absolute Gasteiger partial charge is 0.395 e. The maximum atomic E-state index is 11.1. The van der Waals surface area contributed by atoms with Gasteiger partial charge in [-0.15, -0.1) is 0 Å². The molecule has 1 saturated heterocycles. The first-order chi connectivity index (χ1) is 6.33. The van der Waals surface area contributed by atoms with Crippen molar-refractivity contribution in [1.82, 2.24) is 10.6 Å². The number of ether oxygens (including phenoxy) is 1. The van der Waals surface area contributed by atoms with Crippen LogP contribution in [-0.2, 0) is 4.74 Å². The van der Waals surface area contributed by atoms with Crippen molar-refractivity contribution in [2.75, 3.05) is 26.4 Å². The van der Waals surface area contributed by atoms with Gasteiger partial charge in [0.05, 0.1) is 19.3 Å². The van der Waals surface area contributed by atoms with E-state index in [1.54, 1.807) is 0 Å². The summed E-state index contributed by atoms with van der Waals surface area (Å²) >= 11 is 0. The number of urea groups is 1. The molecule has 0 saturated carbocycles. The molecule has 5 heteroatoms. The molecule has 3 N–H and O–H groups in total. The van der Waals surface area contributed by atoms with Crippen LogP contribution in [0.3, 0.4) is 0 Å². The van der Waals surface area contributed by atoms with Gasteiger partial charge in [0.15, 0.2) is 0 Å². The standard InChI is InChI=1S/C8H16N2O3/c11-4-3-9-8(12)10-7-2-1-5-13-6-7/h7,11H,1-6H2,(H2,9,10,12). The molecule has 0 aromatic heterocycles. The second-order valence-corrected chi connectivity index (χ2v) is 3.04. The highest BCUT2D eigenvalue weighted by Crippen LogP contribution is 2.04. The fourth-order valence-electron chi connectivity index (χ4n) is 1.26. The molecule has 76 valence electrons. The van der Waals surface area contributed by atoms with E-state index < -0.39 is 0 Å². The number of amides is 2. The Hall–Kier alpha value is -0.810. The van der Waals surface area contributed by atoms with E-state index in [-0.39, 0.29) is 18.7 Å². The number of hydrogen-bond acceptors (Lipinski definition) is 3. The number of nitrogens with one attached hydrogen (secondary N) is 2. The first-order valence-corrected chi connectivity index (χ1v) is 4.56. The fraction of sp³-hybridized carbons (Fsp3) is 0.875. The second kappa shape index (κ2) is 5.77. The SMILES string of the molecule is O=C(NCCO)NC1CCCOC1. The van der Waals surface area contributed by atoms with Gasteiger partial charge >= 0.3 is 6.03 Å². The van der Waals surface area contributed by atoms with Crippen LogP contribution in [0.5, 0.6) is 0 Å². The average Bonchev–Trinajstić information content (AvgIpc) is 2.16. The molecular formula is C8H16N2O3. The van der Waals surface area contributed by atoms with Crippen molar-refractivity contribution < 1.29 is 14.6 Å². The van der Waals surface area contributed by atoms with Gasteiger partial charge in [-0.25, -0.2) is 4.79 Å². The predicted octanol–water partition coefficient (Wildman–Crippen LogP) is -0.543. The molecule has 0 radical (unpaired) electrons. The van der Waals surface area contributed by atoms with Gasteiger partial charge in [0.25, 0.3) is 0 Å². The Balaban J connectivity index is 2.11. The Morgan fingerprint density at radius 3 is 3.08 bits per heavy atom. The summed E-state index contributed by atoms with van der Waals surface area (Å²) in [5.41, 5.74) is 0. The van der Waals surface area contributed by atoms with E-state index in [2.05, 4.69) is 10.6 Å². The summed E-state index contributed by atoms with van der Waals surface area (Å²) < 4.78 is 5.20. The summed E-state index contributed by atoms with van der Waals surface area (Å²) in [5, 5.41) is 13.7. The lowest BCUT2D eigenvalue weighted by Crippen LogP contribution is -2.46. The number of aliphatic hydroxyl groups is 1. The second-order valence-electron chi connectivity index (χ2n) is 3.04. The highest BCUT2D eigenvalue weighted by atomic mass is 16.5. The van der Waals surface area contributed by atoms with Crippen LogP contribution < -0.4 is 10.6 Å². The molecule has 1 heterocycles. The maximum Gasteiger partial charge on any atom is 0.315 e. The highest BCUT2D eigenvalue weighted by molar-refractivity contribution is 5.74. The molecule has 1 rings (SSSR count). The number of carbonyl (C=O) groups excluding carboxylic acids is 1. The van der Waals surface area contributed by atoms with Crippen LogP contribution in [0.25, 0.3) is 0 Å². The summed E-state index contributed by atoms with van der Waals surface area (Å²) in [6.45, 7) is 1.64. The Morgan fingerprint density at radius 1 is 1.62 bits per heavy atom. The Morgan fingerprint density at radius 2 is 2.46 bits per heavy atom. The van der Waals surface area contributed by atoms with E-state index in [0.29, 0.717) is 13.2 Å². The quantitative estimate of drug-likeness (QED) is 0.557. The van der Waals surface area contributed by atoms with E-state index in [4.69, 9.17) is 9.84 Å². The van der Waals surface area contributed by atoms with Gasteiger partial charge in [0, 0.05) is 13.2 Å². The third-order valence-corrected chi connectivity index (χ3v) is 1.89. The summed E-state index contributed by atoms with van der Waals surface area (Å²) in [5.74, 6) is 0. The van der Waals surface area contributed by atoms with E-state index in [0.717, 1.165) is 19.4 Å². The zero-order valence-electron chi connectivity index (χ0n) is 7.58. The molecule has 0 spiro atoms. The van der Waals surface area contributed by atoms with E-state index in [1.807, 2.05) is 0 Å². The van der Waals surface area contributed by atoms with Crippen LogP contribution in [0.2, 0.25) is 0 Å². The molecule has 0 aromatic rings. The third kappa shape index (κ3) is 4.10. The molecule has 1 aliphatic heterocycles. The molecular weight excluding hydrogens is 172 g/mol. The molecule has 0 aromatic carbocycles. The lowest BCUT2D eigenvalue weighted by Gasteiger charge is -2.23. The Kier molecular flexibility index (Phi) is 4.56. The zero-order valence-corrected chi connectivity index (χ0v) is 7.58. The van der Waals surface area contributed by atoms with Crippen molar-refractivity contribution in [3.63, 3.8) is 0 Å². The first-order valence-electron chi connectivity index (χ1n) is 4.56. The van der Waals surface area contributed by atoms with E-state index in [1.165, 1.54) is 0 Å². The number of hydrogen-bond donors (Lipinski definition) is 3. The number of rotatable bonds is 3.